The van der Waals surface area contributed by atoms with Gasteiger partial charge in [-0.2, -0.15) is 15.1 Å². The Labute approximate surface area is 481 Å². The first kappa shape index (κ1) is 55.7. The van der Waals surface area contributed by atoms with Gasteiger partial charge in [0, 0.05) is 114 Å². The zero-order valence-electron chi connectivity index (χ0n) is 47.3. The number of anilines is 2. The van der Waals surface area contributed by atoms with E-state index in [1.54, 1.807) is 12.4 Å². The number of carbonyl (C=O) groups is 2. The molecular formula is C62H71F2N13O6. The summed E-state index contributed by atoms with van der Waals surface area (Å²) < 4.78 is 46.2. The first-order valence-corrected chi connectivity index (χ1v) is 29.1. The lowest BCUT2D eigenvalue weighted by Gasteiger charge is -2.38. The first-order chi connectivity index (χ1) is 40.2. The standard InChI is InChI=1S/C62H71F2N13O6/c1-6-46-49(63)14-11-41-27-44(78)28-47(55(41)46)57-56(64)58-48(31-65-57)59(76-33-42-12-13-43(34-76)68-42)70-62(69-58)82-26-25-73-19-16-38(17-20-73)32-74-21-23-75(24-22-74)53-30-52(83-71-53)54(36(2)3)61(81)77-35-45(79)29-51(77)60(80)67-37(4)39-7-9-40(10-8-39)50-15-18-66-72(50)5/h1,7-11,14-15,18,27-28,30-31,36-38,42-43,45,51,54,68,78-79H,12-13,16-17,19-26,29,32-35H2,2-5H3,(H,67,80)/t37-,42?,43?,45+,51-,54+/m0/s1. The second kappa shape index (κ2) is 23.5. The zero-order chi connectivity index (χ0) is 57.6. The van der Waals surface area contributed by atoms with Crippen LogP contribution in [0.2, 0.25) is 0 Å². The number of benzene rings is 3. The minimum Gasteiger partial charge on any atom is -0.508 e. The number of amides is 2. The molecule has 5 aliphatic rings. The molecule has 3 aromatic carbocycles. The quantitative estimate of drug-likeness (QED) is 0.0750. The Morgan fingerprint density at radius 2 is 1.67 bits per heavy atom. The number of aryl methyl sites for hydroxylation is 1. The number of piperidine rings is 1. The number of rotatable bonds is 16. The second-order valence-corrected chi connectivity index (χ2v) is 23.5. The molecule has 2 unspecified atom stereocenters. The minimum atomic E-state index is -0.834. The molecule has 12 rings (SSSR count). The van der Waals surface area contributed by atoms with Gasteiger partial charge in [0.25, 0.3) is 0 Å². The molecule has 434 valence electrons. The number of piperazine rings is 2. The van der Waals surface area contributed by atoms with E-state index in [1.165, 1.54) is 29.2 Å². The Hall–Kier alpha value is -7.77. The van der Waals surface area contributed by atoms with Gasteiger partial charge in [0.1, 0.15) is 47.2 Å². The first-order valence-electron chi connectivity index (χ1n) is 29.1. The van der Waals surface area contributed by atoms with Gasteiger partial charge in [-0.3, -0.25) is 29.1 Å². The number of likely N-dealkylation sites (tertiary alicyclic amines) is 2. The van der Waals surface area contributed by atoms with E-state index < -0.39 is 29.7 Å². The highest BCUT2D eigenvalue weighted by Crippen LogP contribution is 2.40. The van der Waals surface area contributed by atoms with Gasteiger partial charge >= 0.3 is 6.01 Å². The fraction of sp³-hybridized carbons (Fsp3) is 0.468. The maximum Gasteiger partial charge on any atom is 0.319 e. The number of aliphatic hydroxyl groups excluding tert-OH is 1. The van der Waals surface area contributed by atoms with Gasteiger partial charge in [-0.05, 0) is 98.3 Å². The molecule has 19 nitrogen and oxygen atoms in total. The molecule has 2 amide bonds. The van der Waals surface area contributed by atoms with E-state index in [1.807, 2.05) is 68.9 Å². The Bertz CT molecular complexity index is 3560. The molecule has 6 atom stereocenters. The highest BCUT2D eigenvalue weighted by atomic mass is 19.1. The van der Waals surface area contributed by atoms with Crippen molar-refractivity contribution in [1.82, 2.24) is 55.2 Å². The molecule has 4 N–H and O–H groups in total. The molecule has 4 aromatic heterocycles. The van der Waals surface area contributed by atoms with Crippen LogP contribution in [0.15, 0.2) is 77.6 Å². The van der Waals surface area contributed by atoms with E-state index in [0.29, 0.717) is 60.3 Å². The number of pyridine rings is 1. The Morgan fingerprint density at radius 1 is 0.916 bits per heavy atom. The number of carbonyl (C=O) groups excluding carboxylic acids is 2. The van der Waals surface area contributed by atoms with Gasteiger partial charge in [0.05, 0.1) is 28.8 Å². The smallest absolute Gasteiger partial charge is 0.319 e. The van der Waals surface area contributed by atoms with Crippen molar-refractivity contribution in [2.24, 2.45) is 18.9 Å². The average Bonchev–Trinajstić information content (AvgIpc) is 4.31. The maximum absolute atomic E-state index is 17.1. The SMILES string of the molecule is C#Cc1c(F)ccc2cc(O)cc(-c3ncc4c(N5CC6CCC(C5)N6)nc(OCCN5CCC(CN6CCN(c7cc([C@H](C(=O)N8C[C@H](O)C[C@H]8C(=O)N[C@@H](C)c8ccc(-c9ccnn9C)cc8)C(C)C)on7)CC6)CC5)nc4c3F)c12. The second-order valence-electron chi connectivity index (χ2n) is 23.5. The van der Waals surface area contributed by atoms with E-state index in [2.05, 4.69) is 56.4 Å². The number of aromatic hydroxyl groups is 1. The van der Waals surface area contributed by atoms with Crippen molar-refractivity contribution in [1.29, 1.82) is 0 Å². The molecular weight excluding hydrogens is 1060 g/mol. The monoisotopic (exact) mass is 1130 g/mol. The summed E-state index contributed by atoms with van der Waals surface area (Å²) in [6.45, 7) is 14.2. The molecule has 2 bridgehead atoms. The lowest BCUT2D eigenvalue weighted by molar-refractivity contribution is -0.141. The topological polar surface area (TPSA) is 207 Å². The van der Waals surface area contributed by atoms with E-state index in [9.17, 15) is 19.8 Å². The summed E-state index contributed by atoms with van der Waals surface area (Å²) >= 11 is 0. The number of phenolic OH excluding ortho intramolecular Hbond substituents is 1. The van der Waals surface area contributed by atoms with E-state index in [0.717, 1.165) is 88.3 Å². The number of β-amino-alcohol motifs (C(OH)–C–C–N with tert-alkyl or cyclic N) is 1. The van der Waals surface area contributed by atoms with Crippen molar-refractivity contribution in [3.8, 4) is 46.6 Å². The fourth-order valence-electron chi connectivity index (χ4n) is 13.2. The molecule has 0 radical (unpaired) electrons. The van der Waals surface area contributed by atoms with Crippen molar-refractivity contribution >= 4 is 45.1 Å². The van der Waals surface area contributed by atoms with Crippen LogP contribution in [0.3, 0.4) is 0 Å². The van der Waals surface area contributed by atoms with E-state index in [4.69, 9.17) is 20.7 Å². The molecule has 7 aromatic rings. The van der Waals surface area contributed by atoms with Crippen molar-refractivity contribution in [3.63, 3.8) is 0 Å². The number of nitrogens with one attached hydrogen (secondary N) is 2. The maximum atomic E-state index is 17.1. The van der Waals surface area contributed by atoms with Crippen LogP contribution in [0.1, 0.15) is 81.7 Å². The van der Waals surface area contributed by atoms with Crippen LogP contribution in [0.5, 0.6) is 11.8 Å². The Morgan fingerprint density at radius 3 is 2.39 bits per heavy atom. The van der Waals surface area contributed by atoms with Gasteiger partial charge < -0.3 is 44.8 Å². The molecule has 5 aliphatic heterocycles. The number of hydrogen-bond donors (Lipinski definition) is 4. The normalized spacial score (nSPS) is 21.5. The summed E-state index contributed by atoms with van der Waals surface area (Å²) in [5, 5.41) is 38.1. The van der Waals surface area contributed by atoms with Gasteiger partial charge in [0.15, 0.2) is 17.4 Å². The van der Waals surface area contributed by atoms with Crippen LogP contribution < -0.4 is 25.2 Å². The number of phenols is 1. The molecule has 0 saturated carbocycles. The van der Waals surface area contributed by atoms with Crippen LogP contribution >= 0.6 is 0 Å². The summed E-state index contributed by atoms with van der Waals surface area (Å²) in [7, 11) is 1.89. The number of aromatic nitrogens is 6. The molecule has 0 spiro atoms. The predicted octanol–water partition coefficient (Wildman–Crippen LogP) is 6.63. The third-order valence-corrected chi connectivity index (χ3v) is 17.7. The Balaban J connectivity index is 0.638. The van der Waals surface area contributed by atoms with Gasteiger partial charge in [-0.15, -0.1) is 6.42 Å². The van der Waals surface area contributed by atoms with Crippen LogP contribution in [-0.4, -0.2) is 169 Å². The highest BCUT2D eigenvalue weighted by Gasteiger charge is 2.44. The number of ether oxygens (including phenoxy) is 1. The van der Waals surface area contributed by atoms with E-state index in [-0.39, 0.29) is 88.3 Å². The predicted molar refractivity (Wildman–Crippen MR) is 311 cm³/mol. The van der Waals surface area contributed by atoms with Crippen LogP contribution in [0, 0.1) is 35.8 Å². The summed E-state index contributed by atoms with van der Waals surface area (Å²) in [5.74, 6) is 1.62. The fourth-order valence-corrected chi connectivity index (χ4v) is 13.2. The Kier molecular flexibility index (Phi) is 15.8. The number of halogens is 2. The van der Waals surface area contributed by atoms with Gasteiger partial charge in [-0.1, -0.05) is 55.3 Å². The summed E-state index contributed by atoms with van der Waals surface area (Å²) in [6.07, 6.45) is 12.5. The third kappa shape index (κ3) is 11.4. The van der Waals surface area contributed by atoms with Gasteiger partial charge in [0.2, 0.25) is 11.8 Å². The molecule has 21 heteroatoms. The van der Waals surface area contributed by atoms with Crippen molar-refractivity contribution in [3.05, 3.63) is 102 Å². The number of nitrogens with zero attached hydrogens (tertiary/aromatic N) is 11. The number of hydrogen-bond acceptors (Lipinski definition) is 16. The average molecular weight is 1130 g/mol. The van der Waals surface area contributed by atoms with Crippen molar-refractivity contribution in [2.45, 2.75) is 89.1 Å². The summed E-state index contributed by atoms with van der Waals surface area (Å²) in [6, 6.07) is 16.7. The van der Waals surface area contributed by atoms with Crippen LogP contribution in [0.4, 0.5) is 20.4 Å². The lowest BCUT2D eigenvalue weighted by Crippen LogP contribution is -2.51. The summed E-state index contributed by atoms with van der Waals surface area (Å²) in [4.78, 5) is 53.1. The molecule has 9 heterocycles. The lowest BCUT2D eigenvalue weighted by atomic mass is 9.91. The van der Waals surface area contributed by atoms with Crippen LogP contribution in [0.25, 0.3) is 44.2 Å². The number of fused-ring (bicyclic) bond motifs is 4. The zero-order valence-corrected chi connectivity index (χ0v) is 47.3. The largest absolute Gasteiger partial charge is 0.508 e. The number of terminal acetylenes is 1. The van der Waals surface area contributed by atoms with Gasteiger partial charge in [-0.25, -0.2) is 8.78 Å². The molecule has 83 heavy (non-hydrogen) atoms. The van der Waals surface area contributed by atoms with Crippen molar-refractivity contribution < 1.29 is 37.8 Å². The third-order valence-electron chi connectivity index (χ3n) is 17.7. The summed E-state index contributed by atoms with van der Waals surface area (Å²) in [5.41, 5.74) is 2.90. The number of aliphatic hydroxyl groups is 1. The molecule has 5 saturated heterocycles. The van der Waals surface area contributed by atoms with Crippen LogP contribution in [-0.2, 0) is 16.6 Å². The highest BCUT2D eigenvalue weighted by molar-refractivity contribution is 6.03. The van der Waals surface area contributed by atoms with Crippen molar-refractivity contribution in [2.75, 3.05) is 88.4 Å². The minimum absolute atomic E-state index is 0.0129. The van der Waals surface area contributed by atoms with E-state index >= 15 is 8.78 Å². The molecule has 5 fully saturated rings. The molecule has 0 aliphatic carbocycles.